The van der Waals surface area contributed by atoms with Crippen molar-refractivity contribution in [1.82, 2.24) is 4.90 Å². The van der Waals surface area contributed by atoms with Crippen LogP contribution >= 0.6 is 0 Å². The first kappa shape index (κ1) is 20.9. The van der Waals surface area contributed by atoms with Crippen LogP contribution in [0.25, 0.3) is 0 Å². The number of hydrogen-bond acceptors (Lipinski definition) is 4. The molecule has 6 nitrogen and oxygen atoms in total. The molecule has 0 aromatic heterocycles. The Morgan fingerprint density at radius 2 is 1.80 bits per heavy atom. The summed E-state index contributed by atoms with van der Waals surface area (Å²) in [6.07, 6.45) is -4.87. The molecule has 0 saturated carbocycles. The quantitative estimate of drug-likeness (QED) is 0.619. The first-order valence-corrected chi connectivity index (χ1v) is 8.61. The predicted octanol–water partition coefficient (Wildman–Crippen LogP) is 3.21. The van der Waals surface area contributed by atoms with Gasteiger partial charge in [0.2, 0.25) is 0 Å². The number of halogens is 3. The van der Waals surface area contributed by atoms with Crippen molar-refractivity contribution in [3.05, 3.63) is 65.2 Å². The van der Waals surface area contributed by atoms with Crippen LogP contribution in [0.2, 0.25) is 0 Å². The molecule has 0 radical (unpaired) electrons. The Morgan fingerprint density at radius 3 is 2.33 bits per heavy atom. The monoisotopic (exact) mass is 413 g/mol. The van der Waals surface area contributed by atoms with E-state index in [2.05, 4.69) is 12.0 Å². The third-order valence-electron chi connectivity index (χ3n) is 4.71. The minimum atomic E-state index is -4.87. The lowest BCUT2D eigenvalue weighted by Crippen LogP contribution is -2.48. The normalized spacial score (nSPS) is 18.8. The fourth-order valence-electron chi connectivity index (χ4n) is 3.31. The fraction of sp³-hybridized carbons (Fsp3) is 0.190. The highest BCUT2D eigenvalue weighted by molar-refractivity contribution is 6.24. The van der Waals surface area contributed by atoms with Gasteiger partial charge in [-0.2, -0.15) is 18.4 Å². The zero-order valence-corrected chi connectivity index (χ0v) is 15.6. The summed E-state index contributed by atoms with van der Waals surface area (Å²) < 4.78 is 40.1. The number of aliphatic hydroxyl groups excluding tert-OH is 1. The minimum Gasteiger partial charge on any atom is -0.393 e. The predicted molar refractivity (Wildman–Crippen MR) is 99.5 cm³/mol. The topological polar surface area (TPSA) is 84.6 Å². The van der Waals surface area contributed by atoms with Crippen molar-refractivity contribution in [3.63, 3.8) is 0 Å². The van der Waals surface area contributed by atoms with Gasteiger partial charge >= 0.3 is 12.2 Å². The number of nitrogens with zero attached hydrogens (tertiary/aromatic N) is 3. The second kappa shape index (κ2) is 7.54. The number of rotatable bonds is 3. The van der Waals surface area contributed by atoms with Crippen LogP contribution < -0.4 is 4.90 Å². The highest BCUT2D eigenvalue weighted by atomic mass is 19.4. The van der Waals surface area contributed by atoms with Gasteiger partial charge in [-0.15, -0.1) is 0 Å². The second-order valence-corrected chi connectivity index (χ2v) is 6.34. The number of hydrogen-bond donors (Lipinski definition) is 1. The van der Waals surface area contributed by atoms with Gasteiger partial charge in [-0.25, -0.2) is 14.6 Å². The summed E-state index contributed by atoms with van der Waals surface area (Å²) in [6, 6.07) is 13.3. The van der Waals surface area contributed by atoms with Crippen molar-refractivity contribution in [2.45, 2.75) is 18.6 Å². The zero-order valence-electron chi connectivity index (χ0n) is 15.6. The number of benzene rings is 2. The molecule has 1 fully saturated rings. The van der Waals surface area contributed by atoms with Crippen LogP contribution in [0.4, 0.5) is 23.7 Å². The Morgan fingerprint density at radius 1 is 1.13 bits per heavy atom. The molecule has 1 unspecified atom stereocenters. The van der Waals surface area contributed by atoms with Gasteiger partial charge in [0.05, 0.1) is 29.5 Å². The molecule has 0 aliphatic carbocycles. The van der Waals surface area contributed by atoms with E-state index in [0.717, 1.165) is 17.0 Å². The number of urea groups is 1. The van der Waals surface area contributed by atoms with Gasteiger partial charge in [0.25, 0.3) is 5.91 Å². The second-order valence-electron chi connectivity index (χ2n) is 6.34. The van der Waals surface area contributed by atoms with E-state index in [4.69, 9.17) is 5.26 Å². The van der Waals surface area contributed by atoms with E-state index in [1.807, 2.05) is 0 Å². The minimum absolute atomic E-state index is 0.251. The summed E-state index contributed by atoms with van der Waals surface area (Å²) in [6.45, 7) is 0.576. The maximum absolute atomic E-state index is 13.4. The molecular formula is C21H14F3N3O3. The molecule has 2 aromatic rings. The average molecular weight is 413 g/mol. The van der Waals surface area contributed by atoms with E-state index in [9.17, 15) is 27.9 Å². The van der Waals surface area contributed by atoms with Crippen LogP contribution in [0.3, 0.4) is 0 Å². The van der Waals surface area contributed by atoms with Crippen molar-refractivity contribution in [2.75, 3.05) is 11.5 Å². The van der Waals surface area contributed by atoms with Crippen LogP contribution in [0.15, 0.2) is 48.5 Å². The summed E-state index contributed by atoms with van der Waals surface area (Å²) in [5.74, 6) is 1.53. The largest absolute Gasteiger partial charge is 0.417 e. The molecule has 3 rings (SSSR count). The first-order chi connectivity index (χ1) is 14.2. The molecule has 1 saturated heterocycles. The number of anilines is 1. The molecular weight excluding hydrogens is 399 g/mol. The van der Waals surface area contributed by atoms with Crippen molar-refractivity contribution in [1.29, 1.82) is 5.26 Å². The molecule has 1 atom stereocenters. The van der Waals surface area contributed by atoms with Crippen LogP contribution in [-0.2, 0) is 16.5 Å². The van der Waals surface area contributed by atoms with Crippen molar-refractivity contribution in [2.24, 2.45) is 0 Å². The number of carbonyl (C=O) groups excluding carboxylic acids is 2. The lowest BCUT2D eigenvalue weighted by Gasteiger charge is -2.29. The molecule has 9 heteroatoms. The smallest absolute Gasteiger partial charge is 0.393 e. The molecule has 0 spiro atoms. The van der Waals surface area contributed by atoms with Gasteiger partial charge in [0.1, 0.15) is 0 Å². The van der Waals surface area contributed by atoms with Crippen LogP contribution in [-0.4, -0.2) is 28.6 Å². The summed E-state index contributed by atoms with van der Waals surface area (Å²) in [5.41, 5.74) is -3.98. The summed E-state index contributed by atoms with van der Waals surface area (Å²) in [4.78, 5) is 27.7. The Bertz CT molecular complexity index is 1110. The Hall–Kier alpha value is -3.82. The molecule has 30 heavy (non-hydrogen) atoms. The summed E-state index contributed by atoms with van der Waals surface area (Å²) in [7, 11) is 0. The maximum Gasteiger partial charge on any atom is 0.417 e. The lowest BCUT2D eigenvalue weighted by molar-refractivity contribution is -0.137. The van der Waals surface area contributed by atoms with E-state index in [1.54, 1.807) is 18.2 Å². The van der Waals surface area contributed by atoms with E-state index >= 15 is 0 Å². The maximum atomic E-state index is 13.4. The molecule has 0 bridgehead atoms. The Balaban J connectivity index is 2.23. The third kappa shape index (κ3) is 3.06. The molecule has 1 aliphatic heterocycles. The standard InChI is InChI=1S/C21H14F3N3O3/c1-2-10-26-19(30)27(16-9-8-14(12-25)17(11-16)21(22,23)24)18(29)20(26,13-28)15-6-4-3-5-7-15/h3-9,11,28H,13H2,1H3. The highest BCUT2D eigenvalue weighted by Gasteiger charge is 2.59. The molecule has 2 aromatic carbocycles. The Labute approximate surface area is 169 Å². The van der Waals surface area contributed by atoms with Gasteiger partial charge in [-0.3, -0.25) is 4.79 Å². The number of carbonyl (C=O) groups is 2. The molecule has 152 valence electrons. The fourth-order valence-corrected chi connectivity index (χ4v) is 3.31. The van der Waals surface area contributed by atoms with Crippen LogP contribution in [0.5, 0.6) is 0 Å². The molecule has 3 amide bonds. The van der Waals surface area contributed by atoms with E-state index in [-0.39, 0.29) is 11.3 Å². The average Bonchev–Trinajstić information content (AvgIpc) is 2.95. The van der Waals surface area contributed by atoms with Gasteiger partial charge < -0.3 is 5.11 Å². The number of amides is 3. The number of alkyl halides is 3. The summed E-state index contributed by atoms with van der Waals surface area (Å²) >= 11 is 0. The van der Waals surface area contributed by atoms with Crippen LogP contribution in [0, 0.1) is 23.3 Å². The Kier molecular flexibility index (Phi) is 5.26. The van der Waals surface area contributed by atoms with Crippen LogP contribution in [0.1, 0.15) is 23.6 Å². The van der Waals surface area contributed by atoms with E-state index in [1.165, 1.54) is 25.1 Å². The molecule has 1 aliphatic rings. The number of imide groups is 1. The SMILES string of the molecule is CC#CN1C(=O)N(c2ccc(C#N)c(C(F)(F)F)c2)C(=O)C1(CO)c1ccccc1. The first-order valence-electron chi connectivity index (χ1n) is 8.61. The number of aliphatic hydroxyl groups is 1. The molecule has 1 heterocycles. The zero-order chi connectivity index (χ0) is 22.1. The summed E-state index contributed by atoms with van der Waals surface area (Å²) in [5, 5.41) is 19.1. The van der Waals surface area contributed by atoms with Crippen molar-refractivity contribution >= 4 is 17.6 Å². The molecule has 1 N–H and O–H groups in total. The van der Waals surface area contributed by atoms with Gasteiger partial charge in [-0.05, 0) is 30.7 Å². The van der Waals surface area contributed by atoms with Gasteiger partial charge in [-0.1, -0.05) is 36.3 Å². The van der Waals surface area contributed by atoms with Crippen molar-refractivity contribution in [3.8, 4) is 18.0 Å². The van der Waals surface area contributed by atoms with E-state index < -0.39 is 41.4 Å². The lowest BCUT2D eigenvalue weighted by atomic mass is 9.89. The van der Waals surface area contributed by atoms with Gasteiger partial charge in [0.15, 0.2) is 5.54 Å². The van der Waals surface area contributed by atoms with E-state index in [0.29, 0.717) is 11.0 Å². The van der Waals surface area contributed by atoms with Gasteiger partial charge in [0, 0.05) is 6.04 Å². The van der Waals surface area contributed by atoms with Crippen molar-refractivity contribution < 1.29 is 27.9 Å². The highest BCUT2D eigenvalue weighted by Crippen LogP contribution is 2.41. The number of nitriles is 1. The third-order valence-corrected chi connectivity index (χ3v) is 4.71.